The number of piperidine rings is 1. The van der Waals surface area contributed by atoms with Crippen molar-refractivity contribution in [2.24, 2.45) is 0 Å². The zero-order valence-corrected chi connectivity index (χ0v) is 18.7. The highest BCUT2D eigenvalue weighted by Gasteiger charge is 2.25. The summed E-state index contributed by atoms with van der Waals surface area (Å²) in [6.07, 6.45) is 8.45. The highest BCUT2D eigenvalue weighted by Crippen LogP contribution is 2.36. The molecule has 8 nitrogen and oxygen atoms in total. The fourth-order valence-electron chi connectivity index (χ4n) is 3.86. The Labute approximate surface area is 192 Å². The van der Waals surface area contributed by atoms with Crippen LogP contribution >= 0.6 is 0 Å². The molecule has 2 aromatic carbocycles. The van der Waals surface area contributed by atoms with E-state index in [0.717, 1.165) is 35.0 Å². The normalized spacial score (nSPS) is 14.0. The number of benzene rings is 2. The van der Waals surface area contributed by atoms with Gasteiger partial charge >= 0.3 is 0 Å². The molecule has 0 spiro atoms. The number of likely N-dealkylation sites (tertiary alicyclic amines) is 1. The standard InChI is InChI=1S/C25H26N4O4/c1-4-17-6-5-7-18(12-17)28-25-20-13-23(22(32-3)14-21(20)26-16-27-25)33-19-8-10-29(11-9-19)24(30)15-31-2/h1,5-7,12-14,16,19H,8-11,15H2,2-3H3,(H,26,27,28). The molecule has 3 aromatic rings. The van der Waals surface area contributed by atoms with E-state index in [1.165, 1.54) is 13.4 Å². The van der Waals surface area contributed by atoms with Gasteiger partial charge in [-0.05, 0) is 24.3 Å². The second-order valence-electron chi connectivity index (χ2n) is 7.72. The monoisotopic (exact) mass is 446 g/mol. The number of amides is 1. The number of rotatable bonds is 7. The minimum Gasteiger partial charge on any atom is -0.493 e. The van der Waals surface area contributed by atoms with Crippen molar-refractivity contribution in [2.75, 3.05) is 39.2 Å². The molecule has 0 atom stereocenters. The Kier molecular flexibility index (Phi) is 6.91. The number of carbonyl (C=O) groups is 1. The Morgan fingerprint density at radius 1 is 1.18 bits per heavy atom. The maximum Gasteiger partial charge on any atom is 0.248 e. The van der Waals surface area contributed by atoms with Gasteiger partial charge in [0.05, 0.1) is 12.6 Å². The maximum absolute atomic E-state index is 12.0. The molecular weight excluding hydrogens is 420 g/mol. The molecular formula is C25H26N4O4. The van der Waals surface area contributed by atoms with E-state index in [0.29, 0.717) is 30.4 Å². The molecule has 1 aromatic heterocycles. The third-order valence-electron chi connectivity index (χ3n) is 5.57. The fourth-order valence-corrected chi connectivity index (χ4v) is 3.86. The number of hydrogen-bond acceptors (Lipinski definition) is 7. The van der Waals surface area contributed by atoms with Crippen LogP contribution in [0.15, 0.2) is 42.7 Å². The first kappa shape index (κ1) is 22.4. The molecule has 0 bridgehead atoms. The minimum atomic E-state index is -0.0312. The molecule has 1 fully saturated rings. The lowest BCUT2D eigenvalue weighted by Gasteiger charge is -2.32. The van der Waals surface area contributed by atoms with Crippen LogP contribution in [0.3, 0.4) is 0 Å². The second-order valence-corrected chi connectivity index (χ2v) is 7.72. The molecule has 1 aliphatic heterocycles. The van der Waals surface area contributed by atoms with Crippen molar-refractivity contribution in [1.29, 1.82) is 0 Å². The first-order chi connectivity index (χ1) is 16.1. The van der Waals surface area contributed by atoms with E-state index >= 15 is 0 Å². The van der Waals surface area contributed by atoms with Crippen LogP contribution in [-0.4, -0.2) is 60.8 Å². The predicted molar refractivity (Wildman–Crippen MR) is 126 cm³/mol. The number of methoxy groups -OCH3 is 2. The topological polar surface area (TPSA) is 85.8 Å². The smallest absolute Gasteiger partial charge is 0.248 e. The molecule has 0 aliphatic carbocycles. The van der Waals surface area contributed by atoms with Gasteiger partial charge in [0.25, 0.3) is 0 Å². The molecule has 0 saturated carbocycles. The van der Waals surface area contributed by atoms with Gasteiger partial charge in [-0.15, -0.1) is 6.42 Å². The highest BCUT2D eigenvalue weighted by atomic mass is 16.5. The van der Waals surface area contributed by atoms with Crippen LogP contribution in [0.1, 0.15) is 18.4 Å². The third kappa shape index (κ3) is 5.16. The Balaban J connectivity index is 1.56. The summed E-state index contributed by atoms with van der Waals surface area (Å²) in [6, 6.07) is 11.3. The van der Waals surface area contributed by atoms with Gasteiger partial charge in [0.2, 0.25) is 5.91 Å². The molecule has 1 aliphatic rings. The van der Waals surface area contributed by atoms with Gasteiger partial charge in [-0.1, -0.05) is 12.0 Å². The van der Waals surface area contributed by atoms with Crippen molar-refractivity contribution in [3.05, 3.63) is 48.3 Å². The highest BCUT2D eigenvalue weighted by molar-refractivity contribution is 5.93. The van der Waals surface area contributed by atoms with Crippen LogP contribution in [0.25, 0.3) is 10.9 Å². The lowest BCUT2D eigenvalue weighted by Crippen LogP contribution is -2.43. The van der Waals surface area contributed by atoms with Gasteiger partial charge in [-0.25, -0.2) is 9.97 Å². The Hall–Kier alpha value is -3.83. The fraction of sp³-hybridized carbons (Fsp3) is 0.320. The van der Waals surface area contributed by atoms with E-state index in [-0.39, 0.29) is 18.6 Å². The van der Waals surface area contributed by atoms with Crippen molar-refractivity contribution in [2.45, 2.75) is 18.9 Å². The lowest BCUT2D eigenvalue weighted by molar-refractivity contribution is -0.136. The lowest BCUT2D eigenvalue weighted by atomic mass is 10.1. The maximum atomic E-state index is 12.0. The van der Waals surface area contributed by atoms with Crippen LogP contribution in [0.4, 0.5) is 11.5 Å². The summed E-state index contributed by atoms with van der Waals surface area (Å²) in [5.41, 5.74) is 2.33. The first-order valence-electron chi connectivity index (χ1n) is 10.7. The van der Waals surface area contributed by atoms with Crippen LogP contribution in [-0.2, 0) is 9.53 Å². The van der Waals surface area contributed by atoms with Crippen LogP contribution < -0.4 is 14.8 Å². The average molecular weight is 447 g/mol. The molecule has 1 amide bonds. The number of aromatic nitrogens is 2. The molecule has 0 radical (unpaired) electrons. The van der Waals surface area contributed by atoms with Gasteiger partial charge in [0, 0.05) is 55.7 Å². The molecule has 170 valence electrons. The Morgan fingerprint density at radius 2 is 2.00 bits per heavy atom. The van der Waals surface area contributed by atoms with E-state index in [9.17, 15) is 4.79 Å². The van der Waals surface area contributed by atoms with Gasteiger partial charge in [0.15, 0.2) is 11.5 Å². The number of nitrogens with one attached hydrogen (secondary N) is 1. The van der Waals surface area contributed by atoms with Gasteiger partial charge in [-0.3, -0.25) is 4.79 Å². The number of terminal acetylenes is 1. The molecule has 0 unspecified atom stereocenters. The van der Waals surface area contributed by atoms with Gasteiger partial charge < -0.3 is 24.4 Å². The average Bonchev–Trinajstić information content (AvgIpc) is 2.84. The summed E-state index contributed by atoms with van der Waals surface area (Å²) in [4.78, 5) is 22.7. The van der Waals surface area contributed by atoms with E-state index in [1.807, 2.05) is 36.4 Å². The van der Waals surface area contributed by atoms with Gasteiger partial charge in [0.1, 0.15) is 24.9 Å². The quantitative estimate of drug-likeness (QED) is 0.557. The second kappa shape index (κ2) is 10.2. The molecule has 4 rings (SSSR count). The number of fused-ring (bicyclic) bond motifs is 1. The first-order valence-corrected chi connectivity index (χ1v) is 10.7. The molecule has 1 N–H and O–H groups in total. The number of ether oxygens (including phenoxy) is 3. The van der Waals surface area contributed by atoms with E-state index < -0.39 is 0 Å². The number of anilines is 2. The van der Waals surface area contributed by atoms with E-state index in [4.69, 9.17) is 20.6 Å². The third-order valence-corrected chi connectivity index (χ3v) is 5.57. The van der Waals surface area contributed by atoms with Crippen molar-refractivity contribution in [1.82, 2.24) is 14.9 Å². The summed E-state index contributed by atoms with van der Waals surface area (Å²) < 4.78 is 16.8. The summed E-state index contributed by atoms with van der Waals surface area (Å²) in [6.45, 7) is 1.36. The zero-order valence-electron chi connectivity index (χ0n) is 18.7. The van der Waals surface area contributed by atoms with Gasteiger partial charge in [-0.2, -0.15) is 0 Å². The number of nitrogens with zero attached hydrogens (tertiary/aromatic N) is 3. The Morgan fingerprint density at radius 3 is 2.73 bits per heavy atom. The summed E-state index contributed by atoms with van der Waals surface area (Å²) in [7, 11) is 3.13. The van der Waals surface area contributed by atoms with Crippen LogP contribution in [0.5, 0.6) is 11.5 Å². The molecule has 33 heavy (non-hydrogen) atoms. The zero-order chi connectivity index (χ0) is 23.2. The SMILES string of the molecule is C#Cc1cccc(Nc2ncnc3cc(OC)c(OC4CCN(C(=O)COC)CC4)cc23)c1. The summed E-state index contributed by atoms with van der Waals surface area (Å²) >= 11 is 0. The summed E-state index contributed by atoms with van der Waals surface area (Å²) in [5.74, 6) is 4.49. The number of hydrogen-bond donors (Lipinski definition) is 1. The van der Waals surface area contributed by atoms with Crippen molar-refractivity contribution in [3.63, 3.8) is 0 Å². The molecule has 2 heterocycles. The van der Waals surface area contributed by atoms with Crippen molar-refractivity contribution < 1.29 is 19.0 Å². The molecule has 1 saturated heterocycles. The largest absolute Gasteiger partial charge is 0.493 e. The van der Waals surface area contributed by atoms with Crippen molar-refractivity contribution >= 4 is 28.3 Å². The van der Waals surface area contributed by atoms with E-state index in [2.05, 4.69) is 21.2 Å². The van der Waals surface area contributed by atoms with Crippen molar-refractivity contribution in [3.8, 4) is 23.8 Å². The van der Waals surface area contributed by atoms with E-state index in [1.54, 1.807) is 12.0 Å². The number of carbonyl (C=O) groups excluding carboxylic acids is 1. The van der Waals surface area contributed by atoms with Crippen LogP contribution in [0.2, 0.25) is 0 Å². The Bertz CT molecular complexity index is 1180. The van der Waals surface area contributed by atoms with Crippen LogP contribution in [0, 0.1) is 12.3 Å². The molecule has 8 heteroatoms. The predicted octanol–water partition coefficient (Wildman–Crippen LogP) is 3.38. The summed E-state index contributed by atoms with van der Waals surface area (Å²) in [5, 5.41) is 4.12. The minimum absolute atomic E-state index is 0.000931.